The van der Waals surface area contributed by atoms with Crippen LogP contribution in [0.15, 0.2) is 48.5 Å². The number of aryl methyl sites for hydroxylation is 1. The highest BCUT2D eigenvalue weighted by molar-refractivity contribution is 6.63. The lowest BCUT2D eigenvalue weighted by molar-refractivity contribution is -0.111. The van der Waals surface area contributed by atoms with Crippen LogP contribution in [0.25, 0.3) is 0 Å². The first-order chi connectivity index (χ1) is 10.6. The van der Waals surface area contributed by atoms with E-state index in [-0.39, 0.29) is 6.42 Å². The van der Waals surface area contributed by atoms with E-state index >= 15 is 0 Å². The summed E-state index contributed by atoms with van der Waals surface area (Å²) in [5.41, 5.74) is 1.34. The zero-order chi connectivity index (χ0) is 15.9. The van der Waals surface area contributed by atoms with Gasteiger partial charge in [0.2, 0.25) is 5.24 Å². The molecule has 4 nitrogen and oxygen atoms in total. The highest BCUT2D eigenvalue weighted by Crippen LogP contribution is 2.29. The molecular weight excluding hydrogens is 304 g/mol. The average Bonchev–Trinajstić information content (AvgIpc) is 2.54. The number of rotatable bonds is 6. The minimum atomic E-state index is -0.456. The van der Waals surface area contributed by atoms with Crippen molar-refractivity contribution in [2.75, 3.05) is 7.11 Å². The molecule has 0 spiro atoms. The standard InChI is InChI=1S/C17H15ClO4/c1-21-15-11-12(8-10-16(18)19)7-9-14(15)22-17(20)13-5-3-2-4-6-13/h2-7,9,11H,8,10H2,1H3. The lowest BCUT2D eigenvalue weighted by atomic mass is 10.1. The molecule has 0 radical (unpaired) electrons. The van der Waals surface area contributed by atoms with Crippen LogP contribution in [0.1, 0.15) is 22.3 Å². The molecular formula is C17H15ClO4. The fourth-order valence-electron chi connectivity index (χ4n) is 1.93. The Morgan fingerprint density at radius 1 is 1.05 bits per heavy atom. The van der Waals surface area contributed by atoms with Crippen LogP contribution in [0.4, 0.5) is 0 Å². The Labute approximate surface area is 133 Å². The Hall–Kier alpha value is -2.33. The number of carbonyl (C=O) groups excluding carboxylic acids is 2. The van der Waals surface area contributed by atoms with Crippen LogP contribution in [0.5, 0.6) is 11.5 Å². The van der Waals surface area contributed by atoms with E-state index in [2.05, 4.69) is 0 Å². The van der Waals surface area contributed by atoms with E-state index < -0.39 is 11.2 Å². The molecule has 22 heavy (non-hydrogen) atoms. The third kappa shape index (κ3) is 4.33. The van der Waals surface area contributed by atoms with Crippen molar-refractivity contribution in [3.8, 4) is 11.5 Å². The van der Waals surface area contributed by atoms with Crippen molar-refractivity contribution < 1.29 is 19.1 Å². The Balaban J connectivity index is 2.14. The topological polar surface area (TPSA) is 52.6 Å². The molecule has 0 amide bonds. The number of hydrogen-bond acceptors (Lipinski definition) is 4. The van der Waals surface area contributed by atoms with E-state index in [0.29, 0.717) is 23.5 Å². The van der Waals surface area contributed by atoms with Crippen molar-refractivity contribution in [3.05, 3.63) is 59.7 Å². The van der Waals surface area contributed by atoms with Crippen LogP contribution in [0, 0.1) is 0 Å². The summed E-state index contributed by atoms with van der Waals surface area (Å²) < 4.78 is 10.6. The van der Waals surface area contributed by atoms with Gasteiger partial charge in [0.1, 0.15) is 0 Å². The maximum atomic E-state index is 12.0. The van der Waals surface area contributed by atoms with E-state index in [1.807, 2.05) is 6.07 Å². The second-order valence-corrected chi connectivity index (χ2v) is 5.02. The van der Waals surface area contributed by atoms with Gasteiger partial charge in [0.15, 0.2) is 11.5 Å². The second-order valence-electron chi connectivity index (χ2n) is 4.60. The molecule has 0 N–H and O–H groups in total. The summed E-state index contributed by atoms with van der Waals surface area (Å²) in [6.07, 6.45) is 0.749. The minimum absolute atomic E-state index is 0.244. The molecule has 0 bridgehead atoms. The van der Waals surface area contributed by atoms with Crippen molar-refractivity contribution >= 4 is 22.8 Å². The Kier molecular flexibility index (Phi) is 5.55. The van der Waals surface area contributed by atoms with Gasteiger partial charge < -0.3 is 9.47 Å². The van der Waals surface area contributed by atoms with Gasteiger partial charge in [0, 0.05) is 6.42 Å². The highest BCUT2D eigenvalue weighted by Gasteiger charge is 2.12. The lowest BCUT2D eigenvalue weighted by Crippen LogP contribution is -2.09. The minimum Gasteiger partial charge on any atom is -0.493 e. The predicted octanol–water partition coefficient (Wildman–Crippen LogP) is 3.61. The number of esters is 1. The number of hydrogen-bond donors (Lipinski definition) is 0. The van der Waals surface area contributed by atoms with Crippen LogP contribution in [0.3, 0.4) is 0 Å². The largest absolute Gasteiger partial charge is 0.493 e. The number of carbonyl (C=O) groups is 2. The molecule has 2 rings (SSSR count). The molecule has 0 saturated heterocycles. The molecule has 5 heteroatoms. The van der Waals surface area contributed by atoms with Crippen molar-refractivity contribution in [2.24, 2.45) is 0 Å². The van der Waals surface area contributed by atoms with Crippen LogP contribution < -0.4 is 9.47 Å². The summed E-state index contributed by atoms with van der Waals surface area (Å²) >= 11 is 5.33. The third-order valence-electron chi connectivity index (χ3n) is 3.05. The fraction of sp³-hybridized carbons (Fsp3) is 0.176. The molecule has 2 aromatic carbocycles. The van der Waals surface area contributed by atoms with Crippen molar-refractivity contribution in [1.82, 2.24) is 0 Å². The summed E-state index contributed by atoms with van der Waals surface area (Å²) in [6, 6.07) is 13.9. The zero-order valence-corrected chi connectivity index (χ0v) is 12.8. The smallest absolute Gasteiger partial charge is 0.343 e. The normalized spacial score (nSPS) is 10.1. The molecule has 0 aromatic heterocycles. The van der Waals surface area contributed by atoms with Gasteiger partial charge in [-0.2, -0.15) is 0 Å². The predicted molar refractivity (Wildman–Crippen MR) is 83.6 cm³/mol. The Morgan fingerprint density at radius 3 is 2.41 bits per heavy atom. The Morgan fingerprint density at radius 2 is 1.77 bits per heavy atom. The van der Waals surface area contributed by atoms with E-state index in [0.717, 1.165) is 5.56 Å². The van der Waals surface area contributed by atoms with E-state index in [9.17, 15) is 9.59 Å². The van der Waals surface area contributed by atoms with Crippen LogP contribution >= 0.6 is 11.6 Å². The van der Waals surface area contributed by atoms with Gasteiger partial charge in [-0.25, -0.2) is 4.79 Å². The number of halogens is 1. The summed E-state index contributed by atoms with van der Waals surface area (Å²) in [5.74, 6) is 0.309. The van der Waals surface area contributed by atoms with Gasteiger partial charge >= 0.3 is 5.97 Å². The molecule has 0 aliphatic heterocycles. The Bertz CT molecular complexity index is 668. The maximum absolute atomic E-state index is 12.0. The van der Waals surface area contributed by atoms with Gasteiger partial charge in [-0.1, -0.05) is 24.3 Å². The summed E-state index contributed by atoms with van der Waals surface area (Å²) in [7, 11) is 1.49. The summed E-state index contributed by atoms with van der Waals surface area (Å²) in [5, 5.41) is -0.390. The molecule has 0 aliphatic carbocycles. The van der Waals surface area contributed by atoms with E-state index in [1.165, 1.54) is 7.11 Å². The van der Waals surface area contributed by atoms with Gasteiger partial charge in [-0.3, -0.25) is 4.79 Å². The summed E-state index contributed by atoms with van der Waals surface area (Å²) in [4.78, 5) is 22.8. The maximum Gasteiger partial charge on any atom is 0.343 e. The van der Waals surface area contributed by atoms with E-state index in [1.54, 1.807) is 42.5 Å². The highest BCUT2D eigenvalue weighted by atomic mass is 35.5. The van der Waals surface area contributed by atoms with Crippen molar-refractivity contribution in [1.29, 1.82) is 0 Å². The van der Waals surface area contributed by atoms with Gasteiger partial charge in [0.05, 0.1) is 12.7 Å². The SMILES string of the molecule is COc1cc(CCC(=O)Cl)ccc1OC(=O)c1ccccc1. The van der Waals surface area contributed by atoms with Gasteiger partial charge in [-0.05, 0) is 47.9 Å². The molecule has 114 valence electrons. The monoisotopic (exact) mass is 318 g/mol. The first-order valence-corrected chi connectivity index (χ1v) is 7.10. The van der Waals surface area contributed by atoms with Crippen LogP contribution in [-0.4, -0.2) is 18.3 Å². The second kappa shape index (κ2) is 7.61. The van der Waals surface area contributed by atoms with Crippen LogP contribution in [0.2, 0.25) is 0 Å². The lowest BCUT2D eigenvalue weighted by Gasteiger charge is -2.11. The first kappa shape index (κ1) is 16.0. The number of benzene rings is 2. The zero-order valence-electron chi connectivity index (χ0n) is 12.0. The molecule has 0 aliphatic rings. The van der Waals surface area contributed by atoms with E-state index in [4.69, 9.17) is 21.1 Å². The van der Waals surface area contributed by atoms with Crippen molar-refractivity contribution in [2.45, 2.75) is 12.8 Å². The average molecular weight is 319 g/mol. The molecule has 0 unspecified atom stereocenters. The van der Waals surface area contributed by atoms with Gasteiger partial charge in [0.25, 0.3) is 0 Å². The fourth-order valence-corrected chi connectivity index (χ4v) is 2.02. The summed E-state index contributed by atoms with van der Waals surface area (Å²) in [6.45, 7) is 0. The van der Waals surface area contributed by atoms with Crippen molar-refractivity contribution in [3.63, 3.8) is 0 Å². The molecule has 2 aromatic rings. The quantitative estimate of drug-likeness (QED) is 0.464. The molecule has 0 saturated carbocycles. The molecule has 0 atom stereocenters. The van der Waals surface area contributed by atoms with Gasteiger partial charge in [-0.15, -0.1) is 0 Å². The molecule has 0 fully saturated rings. The third-order valence-corrected chi connectivity index (χ3v) is 3.24. The number of ether oxygens (including phenoxy) is 2. The molecule has 0 heterocycles. The van der Waals surface area contributed by atoms with Crippen LogP contribution in [-0.2, 0) is 11.2 Å². The number of methoxy groups -OCH3 is 1. The first-order valence-electron chi connectivity index (χ1n) is 6.72.